The number of allylic oxidation sites excluding steroid dienone is 1. The summed E-state index contributed by atoms with van der Waals surface area (Å²) in [4.78, 5) is 5.39. The molecule has 304 valence electrons. The molecule has 0 amide bonds. The number of para-hydroxylation sites is 3. The Bertz CT molecular complexity index is 4080. The molecule has 10 aromatic carbocycles. The molecule has 65 heavy (non-hydrogen) atoms. The first-order chi connectivity index (χ1) is 32.2. The molecule has 0 spiro atoms. The molecule has 0 saturated carbocycles. The summed E-state index contributed by atoms with van der Waals surface area (Å²) < 4.78 is 7.42. The Morgan fingerprint density at radius 3 is 2.03 bits per heavy atom. The molecule has 2 aliphatic rings. The number of hydrogen-bond acceptors (Lipinski definition) is 1. The minimum atomic E-state index is 0.0726. The van der Waals surface area contributed by atoms with Crippen molar-refractivity contribution in [1.82, 2.24) is 9.13 Å². The molecule has 0 fully saturated rings. The molecular formula is C61H41N4+. The Labute approximate surface area is 375 Å². The first-order valence-electron chi connectivity index (χ1n) is 22.7. The van der Waals surface area contributed by atoms with Crippen LogP contribution in [0, 0.1) is 0 Å². The van der Waals surface area contributed by atoms with E-state index in [-0.39, 0.29) is 12.0 Å². The fourth-order valence-electron chi connectivity index (χ4n) is 11.2. The maximum absolute atomic E-state index is 5.39. The number of amidine groups is 2. The Hall–Kier alpha value is -8.34. The predicted octanol–water partition coefficient (Wildman–Crippen LogP) is 15.3. The number of aliphatic imine (C=N–C) groups is 1. The summed E-state index contributed by atoms with van der Waals surface area (Å²) >= 11 is 0. The molecule has 3 heterocycles. The Morgan fingerprint density at radius 1 is 0.477 bits per heavy atom. The number of nitrogens with zero attached hydrogens (tertiary/aromatic N) is 4. The summed E-state index contributed by atoms with van der Waals surface area (Å²) in [5, 5.41) is 12.5. The van der Waals surface area contributed by atoms with E-state index in [9.17, 15) is 0 Å². The molecule has 0 radical (unpaired) electrons. The van der Waals surface area contributed by atoms with Crippen molar-refractivity contribution in [3.63, 3.8) is 0 Å². The van der Waals surface area contributed by atoms with E-state index in [4.69, 9.17) is 4.99 Å². The van der Waals surface area contributed by atoms with Gasteiger partial charge in [0, 0.05) is 44.1 Å². The van der Waals surface area contributed by atoms with Crippen LogP contribution in [0.3, 0.4) is 0 Å². The minimum absolute atomic E-state index is 0.0726. The average molecular weight is 830 g/mol. The predicted molar refractivity (Wildman–Crippen MR) is 273 cm³/mol. The molecule has 2 unspecified atom stereocenters. The van der Waals surface area contributed by atoms with E-state index in [1.165, 1.54) is 98.3 Å². The van der Waals surface area contributed by atoms with Crippen molar-refractivity contribution in [3.8, 4) is 5.69 Å². The molecule has 1 aliphatic heterocycles. The van der Waals surface area contributed by atoms with Gasteiger partial charge in [0.05, 0.1) is 33.7 Å². The average Bonchev–Trinajstić information content (AvgIpc) is 3.86. The SMILES string of the molecule is CC1c2c(cccc2C2=NC(c3ccc4ccccc4c3)=[N+]2c2ccccc2)C=CC1n1c2ccccc2c2cc3cc(-n4c5ccccc5c5ccc6ccccc6c54)ccc3cc21. The quantitative estimate of drug-likeness (QED) is 0.154. The van der Waals surface area contributed by atoms with Crippen molar-refractivity contribution in [1.29, 1.82) is 0 Å². The van der Waals surface area contributed by atoms with Gasteiger partial charge >= 0.3 is 0 Å². The van der Waals surface area contributed by atoms with Gasteiger partial charge in [0.1, 0.15) is 5.69 Å². The van der Waals surface area contributed by atoms with E-state index < -0.39 is 0 Å². The molecular weight excluding hydrogens is 789 g/mol. The largest absolute Gasteiger partial charge is 0.333 e. The minimum Gasteiger partial charge on any atom is -0.333 e. The molecule has 0 N–H and O–H groups in total. The highest BCUT2D eigenvalue weighted by molar-refractivity contribution is 6.20. The monoisotopic (exact) mass is 829 g/mol. The van der Waals surface area contributed by atoms with Crippen LogP contribution in [-0.4, -0.2) is 25.4 Å². The van der Waals surface area contributed by atoms with E-state index in [1.54, 1.807) is 0 Å². The standard InChI is InChI=1S/C61H41N4/c1-38-54(33-30-41-17-13-23-52(58(38)41)61-62-60(64(61)46-18-3-2-4-19-46)44-27-26-39-14-5-6-16-42(39)34-44)65-56-25-12-10-22-50(56)53-36-45-35-47(31-28-43(45)37-57(53)65)63-55-24-11-9-21-49(55)51-32-29-40-15-7-8-20-48(40)59(51)63/h2-38,54H,1H3/q+1. The Morgan fingerprint density at radius 2 is 1.17 bits per heavy atom. The Kier molecular flexibility index (Phi) is 7.70. The lowest BCUT2D eigenvalue weighted by molar-refractivity contribution is -0.319. The molecule has 2 atom stereocenters. The fourth-order valence-corrected chi connectivity index (χ4v) is 11.2. The maximum atomic E-state index is 5.39. The summed E-state index contributed by atoms with van der Waals surface area (Å²) in [6.45, 7) is 2.40. The van der Waals surface area contributed by atoms with Gasteiger partial charge in [-0.1, -0.05) is 164 Å². The van der Waals surface area contributed by atoms with Crippen LogP contribution >= 0.6 is 0 Å². The summed E-state index contributed by atoms with van der Waals surface area (Å²) in [5.74, 6) is 2.10. The van der Waals surface area contributed by atoms with Gasteiger partial charge in [-0.15, -0.1) is 0 Å². The van der Waals surface area contributed by atoms with Crippen LogP contribution in [0.2, 0.25) is 0 Å². The van der Waals surface area contributed by atoms with Crippen molar-refractivity contribution in [3.05, 3.63) is 235 Å². The second kappa shape index (κ2) is 13.8. The molecule has 12 aromatic rings. The summed E-state index contributed by atoms with van der Waals surface area (Å²) in [6.07, 6.45) is 4.76. The van der Waals surface area contributed by atoms with Gasteiger partial charge in [-0.05, 0) is 105 Å². The normalized spacial score (nSPS) is 16.0. The van der Waals surface area contributed by atoms with Gasteiger partial charge in [0.15, 0.2) is 0 Å². The van der Waals surface area contributed by atoms with Crippen molar-refractivity contribution in [2.24, 2.45) is 4.99 Å². The molecule has 2 aromatic heterocycles. The van der Waals surface area contributed by atoms with Crippen molar-refractivity contribution < 1.29 is 4.58 Å². The van der Waals surface area contributed by atoms with Gasteiger partial charge in [-0.25, -0.2) is 0 Å². The molecule has 4 nitrogen and oxygen atoms in total. The van der Waals surface area contributed by atoms with E-state index in [0.717, 1.165) is 22.9 Å². The number of hydrogen-bond donors (Lipinski definition) is 0. The van der Waals surface area contributed by atoms with Crippen LogP contribution in [0.4, 0.5) is 5.69 Å². The Balaban J connectivity index is 0.907. The van der Waals surface area contributed by atoms with Crippen LogP contribution < -0.4 is 0 Å². The zero-order chi connectivity index (χ0) is 42.8. The van der Waals surface area contributed by atoms with Gasteiger partial charge in [0.25, 0.3) is 11.7 Å². The van der Waals surface area contributed by atoms with Gasteiger partial charge in [-0.2, -0.15) is 4.58 Å². The van der Waals surface area contributed by atoms with Crippen LogP contribution in [0.15, 0.2) is 217 Å². The lowest BCUT2D eigenvalue weighted by Crippen LogP contribution is -2.36. The molecule has 1 aliphatic carbocycles. The van der Waals surface area contributed by atoms with E-state index in [1.807, 2.05) is 0 Å². The first kappa shape index (κ1) is 36.2. The number of fused-ring (bicyclic) bond motifs is 11. The number of benzene rings is 10. The van der Waals surface area contributed by atoms with Crippen molar-refractivity contribution in [2.75, 3.05) is 0 Å². The topological polar surface area (TPSA) is 25.2 Å². The zero-order valence-corrected chi connectivity index (χ0v) is 35.7. The third-order valence-electron chi connectivity index (χ3n) is 14.2. The maximum Gasteiger partial charge on any atom is 0.279 e. The highest BCUT2D eigenvalue weighted by atomic mass is 15.2. The first-order valence-corrected chi connectivity index (χ1v) is 22.7. The molecule has 14 rings (SSSR count). The van der Waals surface area contributed by atoms with Crippen LogP contribution in [0.25, 0.3) is 87.7 Å². The van der Waals surface area contributed by atoms with Crippen molar-refractivity contribution >= 4 is 99.4 Å². The van der Waals surface area contributed by atoms with Crippen LogP contribution in [-0.2, 0) is 0 Å². The summed E-state index contributed by atoms with van der Waals surface area (Å²) in [5.41, 5.74) is 12.1. The smallest absolute Gasteiger partial charge is 0.279 e. The van der Waals surface area contributed by atoms with Crippen molar-refractivity contribution in [2.45, 2.75) is 18.9 Å². The second-order valence-electron chi connectivity index (χ2n) is 17.8. The highest BCUT2D eigenvalue weighted by Crippen LogP contribution is 2.45. The zero-order valence-electron chi connectivity index (χ0n) is 35.7. The molecule has 4 heteroatoms. The summed E-state index contributed by atoms with van der Waals surface area (Å²) in [6, 6.07) is 75.7. The van der Waals surface area contributed by atoms with E-state index >= 15 is 0 Å². The second-order valence-corrected chi connectivity index (χ2v) is 17.8. The van der Waals surface area contributed by atoms with Gasteiger partial charge in [-0.3, -0.25) is 0 Å². The lowest BCUT2D eigenvalue weighted by Gasteiger charge is -2.32. The number of rotatable bonds is 5. The third kappa shape index (κ3) is 5.31. The lowest BCUT2D eigenvalue weighted by atomic mass is 9.81. The van der Waals surface area contributed by atoms with Crippen LogP contribution in [0.5, 0.6) is 0 Å². The molecule has 0 saturated heterocycles. The fraction of sp³-hybridized carbons (Fsp3) is 0.0492. The van der Waals surface area contributed by atoms with Gasteiger partial charge < -0.3 is 9.13 Å². The van der Waals surface area contributed by atoms with E-state index in [0.29, 0.717) is 0 Å². The third-order valence-corrected chi connectivity index (χ3v) is 14.2. The summed E-state index contributed by atoms with van der Waals surface area (Å²) in [7, 11) is 0. The number of aromatic nitrogens is 2. The molecule has 0 bridgehead atoms. The van der Waals surface area contributed by atoms with E-state index in [2.05, 4.69) is 239 Å². The highest BCUT2D eigenvalue weighted by Gasteiger charge is 2.38. The van der Waals surface area contributed by atoms with Gasteiger partial charge in [0.2, 0.25) is 0 Å². The van der Waals surface area contributed by atoms with Crippen LogP contribution in [0.1, 0.15) is 41.1 Å².